The predicted octanol–water partition coefficient (Wildman–Crippen LogP) is 3.78. The summed E-state index contributed by atoms with van der Waals surface area (Å²) in [5.41, 5.74) is -0.378. The van der Waals surface area contributed by atoms with Crippen LogP contribution in [-0.4, -0.2) is 41.0 Å². The van der Waals surface area contributed by atoms with Crippen molar-refractivity contribution in [2.45, 2.75) is 67.6 Å². The van der Waals surface area contributed by atoms with Gasteiger partial charge in [-0.15, -0.1) is 11.8 Å². The number of carbonyl (C=O) groups is 2. The number of esters is 1. The van der Waals surface area contributed by atoms with E-state index < -0.39 is 11.0 Å². The van der Waals surface area contributed by atoms with E-state index in [0.29, 0.717) is 30.1 Å². The second-order valence-electron chi connectivity index (χ2n) is 9.77. The van der Waals surface area contributed by atoms with Crippen LogP contribution in [0.15, 0.2) is 29.2 Å². The highest BCUT2D eigenvalue weighted by Crippen LogP contribution is 2.62. The first kappa shape index (κ1) is 19.4. The Morgan fingerprint density at radius 1 is 1.21 bits per heavy atom. The van der Waals surface area contributed by atoms with Crippen molar-refractivity contribution < 1.29 is 19.4 Å². The van der Waals surface area contributed by atoms with Gasteiger partial charge in [0.05, 0.1) is 16.7 Å². The molecule has 4 aliphatic carbocycles. The van der Waals surface area contributed by atoms with Crippen LogP contribution in [0.5, 0.6) is 0 Å². The van der Waals surface area contributed by atoms with Gasteiger partial charge in [0, 0.05) is 16.7 Å². The summed E-state index contributed by atoms with van der Waals surface area (Å²) in [7, 11) is 0. The Bertz CT molecular complexity index is 826. The maximum Gasteiger partial charge on any atom is 0.312 e. The Hall–Kier alpha value is -1.53. The van der Waals surface area contributed by atoms with Crippen LogP contribution in [0.1, 0.15) is 51.9 Å². The van der Waals surface area contributed by atoms with Gasteiger partial charge in [-0.05, 0) is 68.9 Å². The summed E-state index contributed by atoms with van der Waals surface area (Å²) in [6, 6.07) is 7.95. The van der Waals surface area contributed by atoms with Gasteiger partial charge in [-0.1, -0.05) is 19.1 Å². The second kappa shape index (κ2) is 7.02. The lowest BCUT2D eigenvalue weighted by Gasteiger charge is -2.58. The van der Waals surface area contributed by atoms with E-state index in [2.05, 4.69) is 6.92 Å². The number of para-hydroxylation sites is 1. The average molecular weight is 416 g/mol. The maximum absolute atomic E-state index is 13.1. The van der Waals surface area contributed by atoms with Gasteiger partial charge in [0.15, 0.2) is 6.61 Å². The molecule has 6 rings (SSSR count). The molecule has 0 spiro atoms. The minimum absolute atomic E-state index is 0.163. The van der Waals surface area contributed by atoms with Gasteiger partial charge < -0.3 is 14.7 Å². The SMILES string of the molecule is C[C@@H]1CCN(C(=O)COC(=O)C23C[C@H]4C[C@@H](CC(O)(C4)C2)C3)c2ccccc2S1. The molecule has 1 amide bonds. The summed E-state index contributed by atoms with van der Waals surface area (Å²) < 4.78 is 5.62. The third kappa shape index (κ3) is 3.48. The molecule has 1 heterocycles. The van der Waals surface area contributed by atoms with Crippen LogP contribution in [-0.2, 0) is 14.3 Å². The first-order valence-corrected chi connectivity index (χ1v) is 11.7. The number of carbonyl (C=O) groups excluding carboxylic acids is 2. The fraction of sp³-hybridized carbons (Fsp3) is 0.652. The highest BCUT2D eigenvalue weighted by atomic mass is 32.2. The molecule has 1 aliphatic heterocycles. The van der Waals surface area contributed by atoms with E-state index in [0.717, 1.165) is 49.1 Å². The largest absolute Gasteiger partial charge is 0.455 e. The number of amides is 1. The molecule has 0 saturated heterocycles. The molecule has 4 fully saturated rings. The van der Waals surface area contributed by atoms with Gasteiger partial charge in [0.1, 0.15) is 0 Å². The molecule has 1 aromatic carbocycles. The number of hydrogen-bond acceptors (Lipinski definition) is 5. The van der Waals surface area contributed by atoms with Crippen molar-refractivity contribution in [1.29, 1.82) is 0 Å². The standard InChI is InChI=1S/C23H29NO4S/c1-15-6-7-24(18-4-2-3-5-19(18)29-15)20(25)13-28-21(26)22-9-16-8-17(10-22)12-23(27,11-16)14-22/h2-5,15-17,27H,6-14H2,1H3/t15-,16-,17-,22?,23?/m1/s1. The zero-order chi connectivity index (χ0) is 20.2. The summed E-state index contributed by atoms with van der Waals surface area (Å²) in [5, 5.41) is 11.3. The summed E-state index contributed by atoms with van der Waals surface area (Å²) >= 11 is 1.79. The van der Waals surface area contributed by atoms with Crippen molar-refractivity contribution in [3.63, 3.8) is 0 Å². The molecule has 3 atom stereocenters. The molecule has 0 aromatic heterocycles. The van der Waals surface area contributed by atoms with Crippen molar-refractivity contribution in [2.75, 3.05) is 18.1 Å². The predicted molar refractivity (Wildman–Crippen MR) is 112 cm³/mol. The molecule has 1 aromatic rings. The second-order valence-corrected chi connectivity index (χ2v) is 11.3. The van der Waals surface area contributed by atoms with Gasteiger partial charge in [-0.25, -0.2) is 0 Å². The zero-order valence-electron chi connectivity index (χ0n) is 16.9. The van der Waals surface area contributed by atoms with Crippen molar-refractivity contribution in [2.24, 2.45) is 17.3 Å². The molecule has 4 bridgehead atoms. The smallest absolute Gasteiger partial charge is 0.312 e. The number of aliphatic hydroxyl groups is 1. The van der Waals surface area contributed by atoms with Gasteiger partial charge in [0.2, 0.25) is 0 Å². The quantitative estimate of drug-likeness (QED) is 0.761. The van der Waals surface area contributed by atoms with Gasteiger partial charge in [-0.2, -0.15) is 0 Å². The fourth-order valence-electron chi connectivity index (χ4n) is 6.56. The summed E-state index contributed by atoms with van der Waals surface area (Å²) in [5.74, 6) is 0.397. The third-order valence-corrected chi connectivity index (χ3v) is 8.57. The first-order valence-electron chi connectivity index (χ1n) is 10.8. The zero-order valence-corrected chi connectivity index (χ0v) is 17.7. The Kier molecular flexibility index (Phi) is 4.70. The van der Waals surface area contributed by atoms with Gasteiger partial charge in [-0.3, -0.25) is 9.59 Å². The summed E-state index contributed by atoms with van der Waals surface area (Å²) in [4.78, 5) is 29.0. The number of fused-ring (bicyclic) bond motifs is 1. The summed E-state index contributed by atoms with van der Waals surface area (Å²) in [6.07, 6.45) is 5.77. The minimum atomic E-state index is -0.704. The van der Waals surface area contributed by atoms with Crippen molar-refractivity contribution in [3.8, 4) is 0 Å². The molecule has 5 aliphatic rings. The van der Waals surface area contributed by atoms with E-state index in [4.69, 9.17) is 4.74 Å². The lowest BCUT2D eigenvalue weighted by Crippen LogP contribution is -2.58. The van der Waals surface area contributed by atoms with Crippen molar-refractivity contribution in [1.82, 2.24) is 0 Å². The number of rotatable bonds is 3. The summed E-state index contributed by atoms with van der Waals surface area (Å²) in [6.45, 7) is 2.59. The Labute approximate surface area is 176 Å². The van der Waals surface area contributed by atoms with Crippen LogP contribution in [0.2, 0.25) is 0 Å². The molecule has 0 radical (unpaired) electrons. The Morgan fingerprint density at radius 2 is 1.93 bits per heavy atom. The molecule has 1 N–H and O–H groups in total. The number of nitrogens with zero attached hydrogens (tertiary/aromatic N) is 1. The van der Waals surface area contributed by atoms with Crippen LogP contribution in [0.3, 0.4) is 0 Å². The number of thioether (sulfide) groups is 1. The highest BCUT2D eigenvalue weighted by Gasteiger charge is 2.61. The van der Waals surface area contributed by atoms with E-state index in [-0.39, 0.29) is 18.5 Å². The van der Waals surface area contributed by atoms with Gasteiger partial charge >= 0.3 is 5.97 Å². The molecule has 156 valence electrons. The maximum atomic E-state index is 13.1. The van der Waals surface area contributed by atoms with Crippen LogP contribution in [0.25, 0.3) is 0 Å². The molecule has 0 unspecified atom stereocenters. The molecule has 6 heteroatoms. The van der Waals surface area contributed by atoms with Crippen LogP contribution in [0.4, 0.5) is 5.69 Å². The average Bonchev–Trinajstić information content (AvgIpc) is 2.82. The fourth-order valence-corrected chi connectivity index (χ4v) is 7.67. The van der Waals surface area contributed by atoms with Crippen LogP contribution < -0.4 is 4.90 Å². The highest BCUT2D eigenvalue weighted by molar-refractivity contribution is 8.00. The lowest BCUT2D eigenvalue weighted by molar-refractivity contribution is -0.196. The molecular weight excluding hydrogens is 386 g/mol. The van der Waals surface area contributed by atoms with E-state index in [1.54, 1.807) is 16.7 Å². The van der Waals surface area contributed by atoms with Crippen molar-refractivity contribution >= 4 is 29.3 Å². The first-order chi connectivity index (χ1) is 13.9. The molecular formula is C23H29NO4S. The Balaban J connectivity index is 1.28. The van der Waals surface area contributed by atoms with E-state index in [9.17, 15) is 14.7 Å². The normalized spacial score (nSPS) is 37.7. The molecule has 29 heavy (non-hydrogen) atoms. The van der Waals surface area contributed by atoms with Crippen LogP contribution >= 0.6 is 11.8 Å². The number of hydrogen-bond donors (Lipinski definition) is 1. The molecule has 4 saturated carbocycles. The van der Waals surface area contributed by atoms with E-state index >= 15 is 0 Å². The van der Waals surface area contributed by atoms with Crippen LogP contribution in [0, 0.1) is 17.3 Å². The number of ether oxygens (including phenoxy) is 1. The monoisotopic (exact) mass is 415 g/mol. The topological polar surface area (TPSA) is 66.8 Å². The third-order valence-electron chi connectivity index (χ3n) is 7.33. The number of benzene rings is 1. The van der Waals surface area contributed by atoms with E-state index in [1.807, 2.05) is 24.3 Å². The Morgan fingerprint density at radius 3 is 2.66 bits per heavy atom. The number of anilines is 1. The minimum Gasteiger partial charge on any atom is -0.455 e. The van der Waals surface area contributed by atoms with Gasteiger partial charge in [0.25, 0.3) is 5.91 Å². The van der Waals surface area contributed by atoms with E-state index in [1.165, 1.54) is 0 Å². The molecule has 5 nitrogen and oxygen atoms in total. The lowest BCUT2D eigenvalue weighted by atomic mass is 9.48. The van der Waals surface area contributed by atoms with Crippen molar-refractivity contribution in [3.05, 3.63) is 24.3 Å².